The minimum absolute atomic E-state index is 0.0182. The average Bonchev–Trinajstić information content (AvgIpc) is 2.78. The van der Waals surface area contributed by atoms with Gasteiger partial charge in [0, 0.05) is 25.2 Å². The van der Waals surface area contributed by atoms with Crippen molar-refractivity contribution in [1.29, 1.82) is 0 Å². The van der Waals surface area contributed by atoms with Crippen molar-refractivity contribution in [3.8, 4) is 0 Å². The lowest BCUT2D eigenvalue weighted by atomic mass is 10.1. The summed E-state index contributed by atoms with van der Waals surface area (Å²) in [6.07, 6.45) is 4.56. The second-order valence-corrected chi connectivity index (χ2v) is 8.27. The van der Waals surface area contributed by atoms with Crippen LogP contribution in [-0.2, 0) is 9.53 Å². The molecule has 2 rings (SSSR count). The summed E-state index contributed by atoms with van der Waals surface area (Å²) in [5.74, 6) is 0.0182. The zero-order chi connectivity index (χ0) is 17.2. The van der Waals surface area contributed by atoms with Crippen LogP contribution in [0.25, 0.3) is 0 Å². The Kier molecular flexibility index (Phi) is 5.84. The van der Waals surface area contributed by atoms with E-state index in [0.717, 1.165) is 25.8 Å². The van der Waals surface area contributed by atoms with Gasteiger partial charge in [0.1, 0.15) is 11.6 Å². The van der Waals surface area contributed by atoms with Gasteiger partial charge in [-0.05, 0) is 53.2 Å². The minimum atomic E-state index is -0.572. The number of rotatable bonds is 2. The molecule has 0 bridgehead atoms. The summed E-state index contributed by atoms with van der Waals surface area (Å²) in [6, 6.07) is -0.0210. The first-order valence-electron chi connectivity index (χ1n) is 8.32. The first-order valence-corrected chi connectivity index (χ1v) is 9.50. The number of hydrogen-bond acceptors (Lipinski definition) is 5. The molecule has 6 nitrogen and oxygen atoms in total. The van der Waals surface area contributed by atoms with Crippen molar-refractivity contribution in [3.05, 3.63) is 0 Å². The molecule has 2 aliphatic rings. The molecule has 0 spiro atoms. The summed E-state index contributed by atoms with van der Waals surface area (Å²) in [7, 11) is 0. The predicted octanol–water partition coefficient (Wildman–Crippen LogP) is 2.24. The van der Waals surface area contributed by atoms with Gasteiger partial charge in [-0.2, -0.15) is 0 Å². The third-order valence-electron chi connectivity index (χ3n) is 4.39. The number of hydrogen-bond donors (Lipinski definition) is 1. The lowest BCUT2D eigenvalue weighted by Gasteiger charge is -2.37. The molecule has 0 aromatic carbocycles. The molecular formula is C16H29N3O3S. The van der Waals surface area contributed by atoms with Gasteiger partial charge in [-0.3, -0.25) is 4.79 Å². The fourth-order valence-corrected chi connectivity index (χ4v) is 3.91. The Bertz CT molecular complexity index is 452. The van der Waals surface area contributed by atoms with E-state index in [1.807, 2.05) is 31.9 Å². The maximum absolute atomic E-state index is 13.0. The third-order valence-corrected chi connectivity index (χ3v) is 5.23. The molecule has 3 unspecified atom stereocenters. The Morgan fingerprint density at radius 1 is 1.30 bits per heavy atom. The fourth-order valence-electron chi connectivity index (χ4n) is 3.32. The van der Waals surface area contributed by atoms with Crippen LogP contribution in [0.2, 0.25) is 0 Å². The molecule has 3 atom stereocenters. The molecule has 0 aromatic heterocycles. The first-order chi connectivity index (χ1) is 10.7. The van der Waals surface area contributed by atoms with Gasteiger partial charge in [0.2, 0.25) is 5.91 Å². The predicted molar refractivity (Wildman–Crippen MR) is 92.2 cm³/mol. The van der Waals surface area contributed by atoms with E-state index in [-0.39, 0.29) is 18.0 Å². The van der Waals surface area contributed by atoms with Crippen molar-refractivity contribution in [3.63, 3.8) is 0 Å². The van der Waals surface area contributed by atoms with Crippen LogP contribution in [0.15, 0.2) is 0 Å². The van der Waals surface area contributed by atoms with E-state index in [9.17, 15) is 9.59 Å². The second-order valence-electron chi connectivity index (χ2n) is 7.38. The van der Waals surface area contributed by atoms with Crippen molar-refractivity contribution in [1.82, 2.24) is 14.5 Å². The molecule has 132 valence electrons. The van der Waals surface area contributed by atoms with E-state index >= 15 is 0 Å². The number of fused-ring (bicyclic) bond motifs is 1. The van der Waals surface area contributed by atoms with E-state index in [0.29, 0.717) is 6.54 Å². The standard InChI is InChI=1S/C16H29N3O3S/c1-11-6-7-12-8-9-18(23-5)10-13(14(20)19(11)12)17-15(21)22-16(2,3)4/h11-13H,6-10H2,1-5H3,(H,17,21). The topological polar surface area (TPSA) is 61.9 Å². The highest BCUT2D eigenvalue weighted by atomic mass is 32.2. The van der Waals surface area contributed by atoms with Gasteiger partial charge in [-0.15, -0.1) is 0 Å². The number of nitrogens with zero attached hydrogens (tertiary/aromatic N) is 2. The van der Waals surface area contributed by atoms with Gasteiger partial charge in [-0.1, -0.05) is 11.9 Å². The van der Waals surface area contributed by atoms with Crippen LogP contribution in [0.4, 0.5) is 4.79 Å². The zero-order valence-corrected chi connectivity index (χ0v) is 15.6. The number of ether oxygens (including phenoxy) is 1. The molecule has 0 aliphatic carbocycles. The number of carbonyl (C=O) groups is 2. The van der Waals surface area contributed by atoms with E-state index < -0.39 is 17.7 Å². The van der Waals surface area contributed by atoms with E-state index in [1.165, 1.54) is 0 Å². The molecule has 2 heterocycles. The molecule has 0 saturated carbocycles. The van der Waals surface area contributed by atoms with Gasteiger partial charge in [-0.25, -0.2) is 9.10 Å². The molecule has 0 aromatic rings. The lowest BCUT2D eigenvalue weighted by molar-refractivity contribution is -0.137. The number of amides is 2. The van der Waals surface area contributed by atoms with E-state index in [4.69, 9.17) is 4.74 Å². The molecule has 2 amide bonds. The summed E-state index contributed by atoms with van der Waals surface area (Å²) in [5.41, 5.74) is -0.572. The first kappa shape index (κ1) is 18.4. The summed E-state index contributed by atoms with van der Waals surface area (Å²) in [5, 5.41) is 2.78. The largest absolute Gasteiger partial charge is 0.444 e. The molecule has 1 N–H and O–H groups in total. The van der Waals surface area contributed by atoms with Gasteiger partial charge in [0.05, 0.1) is 0 Å². The highest BCUT2D eigenvalue weighted by Crippen LogP contribution is 2.29. The van der Waals surface area contributed by atoms with Crippen molar-refractivity contribution < 1.29 is 14.3 Å². The van der Waals surface area contributed by atoms with Crippen LogP contribution in [-0.4, -0.2) is 64.3 Å². The normalized spacial score (nSPS) is 29.7. The molecule has 2 saturated heterocycles. The number of alkyl carbamates (subject to hydrolysis) is 1. The Labute approximate surface area is 143 Å². The van der Waals surface area contributed by atoms with E-state index in [1.54, 1.807) is 11.9 Å². The van der Waals surface area contributed by atoms with Crippen LogP contribution in [0.5, 0.6) is 0 Å². The number of carbonyl (C=O) groups excluding carboxylic acids is 2. The van der Waals surface area contributed by atoms with Crippen LogP contribution < -0.4 is 5.32 Å². The van der Waals surface area contributed by atoms with E-state index in [2.05, 4.69) is 16.5 Å². The second kappa shape index (κ2) is 7.30. The molecule has 2 aliphatic heterocycles. The highest BCUT2D eigenvalue weighted by Gasteiger charge is 2.40. The molecular weight excluding hydrogens is 314 g/mol. The van der Waals surface area contributed by atoms with Crippen molar-refractivity contribution in [2.45, 2.75) is 70.7 Å². The van der Waals surface area contributed by atoms with Gasteiger partial charge in [0.25, 0.3) is 0 Å². The van der Waals surface area contributed by atoms with Crippen molar-refractivity contribution in [2.75, 3.05) is 19.3 Å². The summed E-state index contributed by atoms with van der Waals surface area (Å²) in [6.45, 7) is 8.98. The van der Waals surface area contributed by atoms with Crippen LogP contribution >= 0.6 is 11.9 Å². The fraction of sp³-hybridized carbons (Fsp3) is 0.875. The summed E-state index contributed by atoms with van der Waals surface area (Å²) < 4.78 is 7.47. The monoisotopic (exact) mass is 343 g/mol. The van der Waals surface area contributed by atoms with Gasteiger partial charge < -0.3 is 15.0 Å². The summed E-state index contributed by atoms with van der Waals surface area (Å²) in [4.78, 5) is 27.1. The smallest absolute Gasteiger partial charge is 0.408 e. The lowest BCUT2D eigenvalue weighted by Crippen LogP contribution is -2.58. The maximum Gasteiger partial charge on any atom is 0.408 e. The van der Waals surface area contributed by atoms with Gasteiger partial charge >= 0.3 is 6.09 Å². The van der Waals surface area contributed by atoms with Crippen LogP contribution in [0, 0.1) is 0 Å². The Hall–Kier alpha value is -0.950. The maximum atomic E-state index is 13.0. The molecule has 0 radical (unpaired) electrons. The third kappa shape index (κ3) is 4.76. The Balaban J connectivity index is 2.12. The quantitative estimate of drug-likeness (QED) is 0.779. The molecule has 23 heavy (non-hydrogen) atoms. The minimum Gasteiger partial charge on any atom is -0.444 e. The average molecular weight is 343 g/mol. The Morgan fingerprint density at radius 2 is 2.00 bits per heavy atom. The number of nitrogens with one attached hydrogen (secondary N) is 1. The molecule has 7 heteroatoms. The van der Waals surface area contributed by atoms with Crippen LogP contribution in [0.1, 0.15) is 47.0 Å². The molecule has 2 fully saturated rings. The highest BCUT2D eigenvalue weighted by molar-refractivity contribution is 7.96. The Morgan fingerprint density at radius 3 is 2.61 bits per heavy atom. The zero-order valence-electron chi connectivity index (χ0n) is 14.8. The summed E-state index contributed by atoms with van der Waals surface area (Å²) >= 11 is 1.62. The van der Waals surface area contributed by atoms with Crippen LogP contribution in [0.3, 0.4) is 0 Å². The van der Waals surface area contributed by atoms with Crippen molar-refractivity contribution >= 4 is 23.9 Å². The van der Waals surface area contributed by atoms with Gasteiger partial charge in [0.15, 0.2) is 0 Å². The SMILES string of the molecule is CSN1CCC2CCC(C)N2C(=O)C(NC(=O)OC(C)(C)C)C1. The van der Waals surface area contributed by atoms with Crippen molar-refractivity contribution in [2.24, 2.45) is 0 Å².